The van der Waals surface area contributed by atoms with Gasteiger partial charge in [0.2, 0.25) is 0 Å². The fraction of sp³-hybridized carbons (Fsp3) is 1.00. The van der Waals surface area contributed by atoms with Crippen LogP contribution in [0.1, 0.15) is 71.1 Å². The Balaban J connectivity index is 0. The molecule has 0 aromatic carbocycles. The SMILES string of the molecule is CCCCCCCCCCCCS(=O)O.[Ag]. The minimum absolute atomic E-state index is 0. The van der Waals surface area contributed by atoms with E-state index in [0.29, 0.717) is 5.75 Å². The normalized spacial score (nSPS) is 12.1. The molecule has 0 aromatic rings. The van der Waals surface area contributed by atoms with E-state index in [1.54, 1.807) is 0 Å². The topological polar surface area (TPSA) is 37.3 Å². The third-order valence-electron chi connectivity index (χ3n) is 2.67. The third-order valence-corrected chi connectivity index (χ3v) is 3.31. The summed E-state index contributed by atoms with van der Waals surface area (Å²) in [6.07, 6.45) is 12.7. The fourth-order valence-corrected chi connectivity index (χ4v) is 2.16. The van der Waals surface area contributed by atoms with Gasteiger partial charge in [0.05, 0.1) is 0 Å². The van der Waals surface area contributed by atoms with Crippen LogP contribution in [-0.4, -0.2) is 14.5 Å². The van der Waals surface area contributed by atoms with E-state index in [2.05, 4.69) is 6.92 Å². The van der Waals surface area contributed by atoms with Gasteiger partial charge >= 0.3 is 0 Å². The smallest absolute Gasteiger partial charge is 0.152 e. The first-order valence-corrected chi connectivity index (χ1v) is 7.62. The van der Waals surface area contributed by atoms with Gasteiger partial charge in [0.1, 0.15) is 0 Å². The second-order valence-corrected chi connectivity index (χ2v) is 5.26. The molecular weight excluding hydrogens is 316 g/mol. The van der Waals surface area contributed by atoms with E-state index in [0.717, 1.165) is 12.8 Å². The van der Waals surface area contributed by atoms with Crippen molar-refractivity contribution in [3.63, 3.8) is 0 Å². The summed E-state index contributed by atoms with van der Waals surface area (Å²) in [5.74, 6) is 0.455. The van der Waals surface area contributed by atoms with Gasteiger partial charge in [-0.1, -0.05) is 64.7 Å². The molecule has 0 heterocycles. The predicted molar refractivity (Wildman–Crippen MR) is 67.5 cm³/mol. The molecule has 0 saturated carbocycles. The van der Waals surface area contributed by atoms with Crippen LogP contribution < -0.4 is 0 Å². The molecule has 1 N–H and O–H groups in total. The number of hydrogen-bond acceptors (Lipinski definition) is 1. The summed E-state index contributed by atoms with van der Waals surface area (Å²) in [7, 11) is 0. The van der Waals surface area contributed by atoms with E-state index < -0.39 is 11.1 Å². The Morgan fingerprint density at radius 2 is 1.19 bits per heavy atom. The van der Waals surface area contributed by atoms with Crippen molar-refractivity contribution in [3.05, 3.63) is 0 Å². The second kappa shape index (κ2) is 15.9. The van der Waals surface area contributed by atoms with Gasteiger partial charge in [-0.05, 0) is 6.42 Å². The zero-order valence-electron chi connectivity index (χ0n) is 10.3. The molecule has 0 aliphatic carbocycles. The summed E-state index contributed by atoms with van der Waals surface area (Å²) in [5.41, 5.74) is 0. The van der Waals surface area contributed by atoms with Crippen LogP contribution in [0, 0.1) is 0 Å². The molecule has 1 unspecified atom stereocenters. The van der Waals surface area contributed by atoms with Gasteiger partial charge in [0.15, 0.2) is 11.1 Å². The summed E-state index contributed by atoms with van der Waals surface area (Å²) in [4.78, 5) is 0. The minimum Gasteiger partial charge on any atom is -0.306 e. The van der Waals surface area contributed by atoms with Crippen LogP contribution >= 0.6 is 0 Å². The molecule has 2 nitrogen and oxygen atoms in total. The molecule has 0 bridgehead atoms. The van der Waals surface area contributed by atoms with E-state index >= 15 is 0 Å². The Hall–Kier alpha value is 0.850. The molecule has 1 atom stereocenters. The summed E-state index contributed by atoms with van der Waals surface area (Å²) in [6.45, 7) is 2.24. The summed E-state index contributed by atoms with van der Waals surface area (Å²) >= 11 is -1.58. The first-order chi connectivity index (χ1) is 7.27. The summed E-state index contributed by atoms with van der Waals surface area (Å²) < 4.78 is 18.9. The Morgan fingerprint density at radius 3 is 1.56 bits per heavy atom. The van der Waals surface area contributed by atoms with Crippen LogP contribution in [0.4, 0.5) is 0 Å². The van der Waals surface area contributed by atoms with Crippen LogP contribution in [0.2, 0.25) is 0 Å². The van der Waals surface area contributed by atoms with Crippen LogP contribution in [-0.2, 0) is 33.5 Å². The molecule has 0 spiro atoms. The van der Waals surface area contributed by atoms with E-state index in [1.165, 1.54) is 51.4 Å². The van der Waals surface area contributed by atoms with E-state index in [-0.39, 0.29) is 22.4 Å². The van der Waals surface area contributed by atoms with Crippen LogP contribution in [0.25, 0.3) is 0 Å². The van der Waals surface area contributed by atoms with Crippen molar-refractivity contribution >= 4 is 11.1 Å². The average molecular weight is 342 g/mol. The third kappa shape index (κ3) is 17.3. The molecule has 0 saturated heterocycles. The van der Waals surface area contributed by atoms with E-state index in [4.69, 9.17) is 4.55 Å². The quantitative estimate of drug-likeness (QED) is 0.348. The van der Waals surface area contributed by atoms with Gasteiger partial charge in [-0.3, -0.25) is 0 Å². The van der Waals surface area contributed by atoms with Gasteiger partial charge in [0, 0.05) is 28.1 Å². The standard InChI is InChI=1S/C12H26O2S.Ag/c1-2-3-4-5-6-7-8-9-10-11-12-15(13)14;/h2-12H2,1H3,(H,13,14);. The minimum atomic E-state index is -1.58. The molecule has 0 aliphatic rings. The van der Waals surface area contributed by atoms with Crippen molar-refractivity contribution in [2.75, 3.05) is 5.75 Å². The largest absolute Gasteiger partial charge is 0.306 e. The molecule has 0 aromatic heterocycles. The van der Waals surface area contributed by atoms with Crippen molar-refractivity contribution in [1.29, 1.82) is 0 Å². The molecule has 0 aliphatic heterocycles. The van der Waals surface area contributed by atoms with Crippen LogP contribution in [0.3, 0.4) is 0 Å². The van der Waals surface area contributed by atoms with Gasteiger partial charge in [-0.2, -0.15) is 0 Å². The molecular formula is C12H26AgO2S. The molecule has 0 fully saturated rings. The number of rotatable bonds is 11. The van der Waals surface area contributed by atoms with Crippen molar-refractivity contribution in [3.8, 4) is 0 Å². The zero-order chi connectivity index (χ0) is 11.4. The number of hydrogen-bond donors (Lipinski definition) is 1. The van der Waals surface area contributed by atoms with E-state index in [1.807, 2.05) is 0 Å². The van der Waals surface area contributed by atoms with E-state index in [9.17, 15) is 4.21 Å². The van der Waals surface area contributed by atoms with Crippen molar-refractivity contribution in [1.82, 2.24) is 0 Å². The Kier molecular flexibility index (Phi) is 19.0. The maximum atomic E-state index is 10.3. The Morgan fingerprint density at radius 1 is 0.812 bits per heavy atom. The zero-order valence-corrected chi connectivity index (χ0v) is 12.6. The Bertz CT molecular complexity index is 154. The maximum absolute atomic E-state index is 10.3. The van der Waals surface area contributed by atoms with Gasteiger partial charge in [-0.25, -0.2) is 4.21 Å². The van der Waals surface area contributed by atoms with Gasteiger partial charge in [0.25, 0.3) is 0 Å². The van der Waals surface area contributed by atoms with Crippen molar-refractivity contribution in [2.24, 2.45) is 0 Å². The molecule has 0 amide bonds. The Labute approximate surface area is 119 Å². The van der Waals surface area contributed by atoms with Crippen LogP contribution in [0.5, 0.6) is 0 Å². The average Bonchev–Trinajstić information content (AvgIpc) is 2.20. The molecule has 1 radical (unpaired) electrons. The molecule has 4 heteroatoms. The first kappa shape index (κ1) is 19.2. The van der Waals surface area contributed by atoms with Crippen molar-refractivity contribution in [2.45, 2.75) is 71.1 Å². The fourth-order valence-electron chi connectivity index (χ4n) is 1.71. The van der Waals surface area contributed by atoms with Gasteiger partial charge < -0.3 is 4.55 Å². The molecule has 0 rings (SSSR count). The predicted octanol–water partition coefficient (Wildman–Crippen LogP) is 4.13. The summed E-state index contributed by atoms with van der Waals surface area (Å²) in [5, 5.41) is 0. The second-order valence-electron chi connectivity index (χ2n) is 4.21. The van der Waals surface area contributed by atoms with Crippen molar-refractivity contribution < 1.29 is 31.1 Å². The monoisotopic (exact) mass is 341 g/mol. The van der Waals surface area contributed by atoms with Crippen LogP contribution in [0.15, 0.2) is 0 Å². The van der Waals surface area contributed by atoms with Gasteiger partial charge in [-0.15, -0.1) is 0 Å². The maximum Gasteiger partial charge on any atom is 0.152 e. The first-order valence-electron chi connectivity index (χ1n) is 6.35. The molecule has 103 valence electrons. The number of unbranched alkanes of at least 4 members (excludes halogenated alkanes) is 9. The summed E-state index contributed by atoms with van der Waals surface area (Å²) in [6, 6.07) is 0. The molecule has 16 heavy (non-hydrogen) atoms.